The van der Waals surface area contributed by atoms with Crippen LogP contribution in [0.4, 0.5) is 0 Å². The van der Waals surface area contributed by atoms with Crippen molar-refractivity contribution in [3.63, 3.8) is 0 Å². The van der Waals surface area contributed by atoms with Crippen molar-refractivity contribution in [1.29, 1.82) is 0 Å². The Hall–Kier alpha value is -2.69. The molecule has 0 radical (unpaired) electrons. The van der Waals surface area contributed by atoms with Crippen LogP contribution in [-0.2, 0) is 17.6 Å². The smallest absolute Gasteiger partial charge is 0.309 e. The Morgan fingerprint density at radius 2 is 1.92 bits per heavy atom. The van der Waals surface area contributed by atoms with E-state index in [1.165, 1.54) is 6.92 Å². The third kappa shape index (κ3) is 3.27. The van der Waals surface area contributed by atoms with Gasteiger partial charge in [0.1, 0.15) is 0 Å². The van der Waals surface area contributed by atoms with Crippen molar-refractivity contribution in [3.8, 4) is 5.69 Å². The van der Waals surface area contributed by atoms with Gasteiger partial charge in [-0.3, -0.25) is 14.4 Å². The number of carboxylic acid groups (broad SMARTS) is 1. The molecule has 0 bridgehead atoms. The highest BCUT2D eigenvalue weighted by Gasteiger charge is 2.35. The summed E-state index contributed by atoms with van der Waals surface area (Å²) < 4.78 is 1.84. The minimum Gasteiger partial charge on any atom is -0.481 e. The number of nitrogens with zero attached hydrogens (tertiary/aromatic N) is 1. The van der Waals surface area contributed by atoms with E-state index in [2.05, 4.69) is 0 Å². The summed E-state index contributed by atoms with van der Waals surface area (Å²) in [6, 6.07) is 8.79. The number of ketones is 2. The highest BCUT2D eigenvalue weighted by molar-refractivity contribution is 5.99. The molecule has 25 heavy (non-hydrogen) atoms. The van der Waals surface area contributed by atoms with Crippen molar-refractivity contribution in [1.82, 2.24) is 4.57 Å². The summed E-state index contributed by atoms with van der Waals surface area (Å²) >= 11 is 0. The van der Waals surface area contributed by atoms with Gasteiger partial charge in [-0.25, -0.2) is 0 Å². The molecule has 1 aromatic heterocycles. The first-order chi connectivity index (χ1) is 11.7. The number of carboxylic acids is 1. The van der Waals surface area contributed by atoms with Crippen molar-refractivity contribution < 1.29 is 19.5 Å². The van der Waals surface area contributed by atoms with Gasteiger partial charge in [-0.15, -0.1) is 0 Å². The number of rotatable bonds is 4. The van der Waals surface area contributed by atoms with Crippen molar-refractivity contribution in [2.75, 3.05) is 0 Å². The molecule has 0 aliphatic heterocycles. The van der Waals surface area contributed by atoms with Crippen LogP contribution in [0.5, 0.6) is 0 Å². The molecule has 0 amide bonds. The number of benzene rings is 1. The van der Waals surface area contributed by atoms with Crippen LogP contribution in [0.1, 0.15) is 59.3 Å². The Morgan fingerprint density at radius 1 is 1.20 bits per heavy atom. The number of aromatic nitrogens is 1. The molecule has 5 nitrogen and oxygen atoms in total. The van der Waals surface area contributed by atoms with E-state index in [9.17, 15) is 19.5 Å². The second-order valence-corrected chi connectivity index (χ2v) is 7.45. The van der Waals surface area contributed by atoms with Gasteiger partial charge in [-0.05, 0) is 37.0 Å². The number of carbonyl (C=O) groups is 3. The Kier molecular flexibility index (Phi) is 4.11. The van der Waals surface area contributed by atoms with Crippen LogP contribution in [0.15, 0.2) is 30.3 Å². The van der Waals surface area contributed by atoms with E-state index in [1.807, 2.05) is 24.5 Å². The fourth-order valence-corrected chi connectivity index (χ4v) is 3.54. The maximum atomic E-state index is 12.5. The van der Waals surface area contributed by atoms with Gasteiger partial charge < -0.3 is 9.67 Å². The first-order valence-electron chi connectivity index (χ1n) is 8.28. The van der Waals surface area contributed by atoms with E-state index >= 15 is 0 Å². The van der Waals surface area contributed by atoms with Crippen molar-refractivity contribution in [2.24, 2.45) is 5.41 Å². The zero-order chi connectivity index (χ0) is 18.4. The van der Waals surface area contributed by atoms with Gasteiger partial charge in [-0.2, -0.15) is 0 Å². The summed E-state index contributed by atoms with van der Waals surface area (Å²) in [5.41, 5.74) is 3.09. The minimum absolute atomic E-state index is 0.0411. The summed E-state index contributed by atoms with van der Waals surface area (Å²) in [7, 11) is 0. The highest BCUT2D eigenvalue weighted by atomic mass is 16.4. The lowest BCUT2D eigenvalue weighted by molar-refractivity contribution is -0.136. The monoisotopic (exact) mass is 339 g/mol. The number of Topliss-reactive ketones (excluding diaryl/α,β-unsaturated/α-hetero) is 2. The third-order valence-electron chi connectivity index (χ3n) is 4.61. The van der Waals surface area contributed by atoms with Crippen LogP contribution in [0.2, 0.25) is 0 Å². The molecule has 2 aromatic rings. The molecule has 1 aliphatic carbocycles. The van der Waals surface area contributed by atoms with Crippen LogP contribution >= 0.6 is 0 Å². The average molecular weight is 339 g/mol. The summed E-state index contributed by atoms with van der Waals surface area (Å²) in [5, 5.41) is 9.26. The van der Waals surface area contributed by atoms with Crippen molar-refractivity contribution in [2.45, 2.75) is 40.0 Å². The van der Waals surface area contributed by atoms with E-state index in [1.54, 1.807) is 24.3 Å². The van der Waals surface area contributed by atoms with Crippen LogP contribution < -0.4 is 0 Å². The second kappa shape index (κ2) is 5.99. The lowest BCUT2D eigenvalue weighted by atomic mass is 9.76. The minimum atomic E-state index is -0.953. The van der Waals surface area contributed by atoms with E-state index in [4.69, 9.17) is 0 Å². The Bertz CT molecular complexity index is 889. The molecule has 0 atom stereocenters. The Labute approximate surface area is 146 Å². The molecule has 0 spiro atoms. The second-order valence-electron chi connectivity index (χ2n) is 7.45. The number of hydrogen-bond donors (Lipinski definition) is 1. The molecule has 1 N–H and O–H groups in total. The largest absolute Gasteiger partial charge is 0.481 e. The van der Waals surface area contributed by atoms with E-state index < -0.39 is 5.97 Å². The maximum absolute atomic E-state index is 12.5. The summed E-state index contributed by atoms with van der Waals surface area (Å²) in [6.45, 7) is 5.57. The number of hydrogen-bond acceptors (Lipinski definition) is 3. The van der Waals surface area contributed by atoms with Crippen LogP contribution in [0.3, 0.4) is 0 Å². The zero-order valence-electron chi connectivity index (χ0n) is 14.6. The first-order valence-corrected chi connectivity index (χ1v) is 8.28. The van der Waals surface area contributed by atoms with E-state index in [0.717, 1.165) is 11.4 Å². The molecule has 5 heteroatoms. The van der Waals surface area contributed by atoms with Crippen LogP contribution in [0.25, 0.3) is 5.69 Å². The average Bonchev–Trinajstić information content (AvgIpc) is 2.83. The summed E-state index contributed by atoms with van der Waals surface area (Å²) in [5.74, 6) is -0.969. The van der Waals surface area contributed by atoms with Crippen LogP contribution in [0, 0.1) is 5.41 Å². The molecule has 0 fully saturated rings. The molecule has 130 valence electrons. The number of aliphatic carboxylic acids is 1. The predicted octanol–water partition coefficient (Wildman–Crippen LogP) is 3.46. The van der Waals surface area contributed by atoms with Crippen molar-refractivity contribution >= 4 is 17.5 Å². The molecule has 0 saturated carbocycles. The Balaban J connectivity index is 2.24. The number of carbonyl (C=O) groups excluding carboxylic acids is 2. The predicted molar refractivity (Wildman–Crippen MR) is 93.5 cm³/mol. The van der Waals surface area contributed by atoms with Gasteiger partial charge in [0.2, 0.25) is 0 Å². The van der Waals surface area contributed by atoms with Gasteiger partial charge in [0.15, 0.2) is 11.6 Å². The van der Waals surface area contributed by atoms with Gasteiger partial charge in [-0.1, -0.05) is 26.0 Å². The highest BCUT2D eigenvalue weighted by Crippen LogP contribution is 2.37. The fraction of sp³-hybridized carbons (Fsp3) is 0.350. The molecule has 1 aliphatic rings. The zero-order valence-corrected chi connectivity index (χ0v) is 14.6. The molecule has 0 saturated heterocycles. The molecule has 1 heterocycles. The molecule has 1 aromatic carbocycles. The standard InChI is InChI=1S/C20H21NO4/c1-12(22)13-5-4-6-14(7-13)21-15(9-19(24)25)8-16-17(21)10-20(2,3)11-18(16)23/h4-8H,9-11H2,1-3H3,(H,24,25). The molecule has 3 rings (SSSR count). The molecular weight excluding hydrogens is 318 g/mol. The topological polar surface area (TPSA) is 76.4 Å². The lowest BCUT2D eigenvalue weighted by Crippen LogP contribution is -2.28. The number of fused-ring (bicyclic) bond motifs is 1. The normalized spacial score (nSPS) is 15.7. The summed E-state index contributed by atoms with van der Waals surface area (Å²) in [4.78, 5) is 35.6. The van der Waals surface area contributed by atoms with Gasteiger partial charge >= 0.3 is 5.97 Å². The quantitative estimate of drug-likeness (QED) is 0.866. The first kappa shape index (κ1) is 17.1. The summed E-state index contributed by atoms with van der Waals surface area (Å²) in [6.07, 6.45) is 0.951. The third-order valence-corrected chi connectivity index (χ3v) is 4.61. The van der Waals surface area contributed by atoms with Gasteiger partial charge in [0.05, 0.1) is 6.42 Å². The lowest BCUT2D eigenvalue weighted by Gasteiger charge is -2.30. The van der Waals surface area contributed by atoms with E-state index in [0.29, 0.717) is 29.7 Å². The van der Waals surface area contributed by atoms with Crippen molar-refractivity contribution in [3.05, 3.63) is 52.8 Å². The molecular formula is C20H21NO4. The fourth-order valence-electron chi connectivity index (χ4n) is 3.54. The van der Waals surface area contributed by atoms with Gasteiger partial charge in [0, 0.05) is 34.6 Å². The molecule has 0 unspecified atom stereocenters. The van der Waals surface area contributed by atoms with Crippen LogP contribution in [-0.4, -0.2) is 27.2 Å². The van der Waals surface area contributed by atoms with E-state index in [-0.39, 0.29) is 23.4 Å². The SMILES string of the molecule is CC(=O)c1cccc(-n2c(CC(=O)O)cc3c2CC(C)(C)CC3=O)c1. The maximum Gasteiger partial charge on any atom is 0.309 e. The van der Waals surface area contributed by atoms with Gasteiger partial charge in [0.25, 0.3) is 0 Å². The Morgan fingerprint density at radius 3 is 2.56 bits per heavy atom.